The van der Waals surface area contributed by atoms with E-state index >= 15 is 0 Å². The summed E-state index contributed by atoms with van der Waals surface area (Å²) in [5, 5.41) is 4.20. The summed E-state index contributed by atoms with van der Waals surface area (Å²) in [6.45, 7) is 0. The number of halogens is 4. The predicted octanol–water partition coefficient (Wildman–Crippen LogP) is 5.66. The van der Waals surface area contributed by atoms with Crippen molar-refractivity contribution in [1.29, 1.82) is 0 Å². The van der Waals surface area contributed by atoms with Crippen molar-refractivity contribution in [2.75, 3.05) is 4.90 Å². The molecule has 34 heavy (non-hydrogen) atoms. The molecule has 0 radical (unpaired) electrons. The summed E-state index contributed by atoms with van der Waals surface area (Å²) in [7, 11) is 0. The van der Waals surface area contributed by atoms with Crippen LogP contribution in [0.3, 0.4) is 0 Å². The van der Waals surface area contributed by atoms with Gasteiger partial charge in [0, 0.05) is 29.0 Å². The molecule has 2 aromatic heterocycles. The lowest BCUT2D eigenvalue weighted by Gasteiger charge is -2.31. The molecular weight excluding hydrogens is 489 g/mol. The third-order valence-electron chi connectivity index (χ3n) is 5.56. The minimum absolute atomic E-state index is 0.0561. The van der Waals surface area contributed by atoms with E-state index in [-0.39, 0.29) is 17.4 Å². The van der Waals surface area contributed by atoms with Gasteiger partial charge in [0.15, 0.2) is 6.04 Å². The standard InChI is InChI=1S/C23H20ClF3N4O2S/c24-17-8-7-15(12-16(17)23(25,26)27)31(22(33)18-13-28-9-10-29-18)20(19-6-3-11-34-19)21(32)30-14-4-1-2-5-14/h3,6-14,20H,1-2,4-5H2,(H,30,32). The molecule has 0 bridgehead atoms. The molecule has 1 saturated carbocycles. The molecule has 0 saturated heterocycles. The minimum atomic E-state index is -4.75. The summed E-state index contributed by atoms with van der Waals surface area (Å²) >= 11 is 7.04. The molecule has 1 fully saturated rings. The monoisotopic (exact) mass is 508 g/mol. The van der Waals surface area contributed by atoms with Crippen molar-refractivity contribution in [3.63, 3.8) is 0 Å². The number of hydrogen-bond acceptors (Lipinski definition) is 5. The van der Waals surface area contributed by atoms with Gasteiger partial charge in [-0.15, -0.1) is 11.3 Å². The van der Waals surface area contributed by atoms with Gasteiger partial charge in [-0.2, -0.15) is 13.2 Å². The Morgan fingerprint density at radius 1 is 1.18 bits per heavy atom. The zero-order valence-electron chi connectivity index (χ0n) is 17.8. The second kappa shape index (κ2) is 10.1. The number of amides is 2. The molecule has 3 aromatic rings. The lowest BCUT2D eigenvalue weighted by molar-refractivity contribution is -0.137. The van der Waals surface area contributed by atoms with Gasteiger partial charge in [0.05, 0.1) is 16.8 Å². The van der Waals surface area contributed by atoms with Crippen LogP contribution >= 0.6 is 22.9 Å². The summed E-state index contributed by atoms with van der Waals surface area (Å²) in [4.78, 5) is 36.6. The van der Waals surface area contributed by atoms with Crippen LogP contribution in [0.25, 0.3) is 0 Å². The highest BCUT2D eigenvalue weighted by molar-refractivity contribution is 7.10. The first-order chi connectivity index (χ1) is 16.3. The third kappa shape index (κ3) is 5.23. The van der Waals surface area contributed by atoms with Crippen LogP contribution in [0, 0.1) is 0 Å². The molecule has 178 valence electrons. The van der Waals surface area contributed by atoms with E-state index in [9.17, 15) is 22.8 Å². The summed E-state index contributed by atoms with van der Waals surface area (Å²) in [6, 6.07) is 5.24. The number of nitrogens with one attached hydrogen (secondary N) is 1. The summed E-state index contributed by atoms with van der Waals surface area (Å²) < 4.78 is 40.9. The molecule has 4 rings (SSSR count). The number of thiophene rings is 1. The minimum Gasteiger partial charge on any atom is -0.351 e. The van der Waals surface area contributed by atoms with Crippen molar-refractivity contribution in [2.45, 2.75) is 43.9 Å². The van der Waals surface area contributed by atoms with E-state index in [2.05, 4.69) is 15.3 Å². The van der Waals surface area contributed by atoms with Gasteiger partial charge in [0.25, 0.3) is 5.91 Å². The van der Waals surface area contributed by atoms with E-state index in [1.807, 2.05) is 0 Å². The molecule has 2 heterocycles. The molecule has 0 aliphatic heterocycles. The lowest BCUT2D eigenvalue weighted by atomic mass is 10.1. The van der Waals surface area contributed by atoms with Gasteiger partial charge in [0.1, 0.15) is 5.69 Å². The van der Waals surface area contributed by atoms with Gasteiger partial charge >= 0.3 is 6.18 Å². The first kappa shape index (κ1) is 24.2. The number of anilines is 1. The van der Waals surface area contributed by atoms with Crippen molar-refractivity contribution >= 4 is 40.4 Å². The van der Waals surface area contributed by atoms with Gasteiger partial charge in [-0.05, 0) is 42.5 Å². The maximum Gasteiger partial charge on any atom is 0.417 e. The quantitative estimate of drug-likeness (QED) is 0.466. The number of benzene rings is 1. The maximum atomic E-state index is 13.6. The number of nitrogens with zero attached hydrogens (tertiary/aromatic N) is 3. The fourth-order valence-corrected chi connectivity index (χ4v) is 5.01. The highest BCUT2D eigenvalue weighted by Gasteiger charge is 2.39. The number of carbonyl (C=O) groups is 2. The highest BCUT2D eigenvalue weighted by atomic mass is 35.5. The van der Waals surface area contributed by atoms with Gasteiger partial charge in [-0.25, -0.2) is 4.98 Å². The molecule has 6 nitrogen and oxygen atoms in total. The summed E-state index contributed by atoms with van der Waals surface area (Å²) in [5.41, 5.74) is -1.35. The number of aromatic nitrogens is 2. The zero-order valence-corrected chi connectivity index (χ0v) is 19.3. The Hall–Kier alpha value is -2.98. The van der Waals surface area contributed by atoms with Crippen molar-refractivity contribution < 1.29 is 22.8 Å². The largest absolute Gasteiger partial charge is 0.417 e. The molecule has 1 atom stereocenters. The molecule has 11 heteroatoms. The highest BCUT2D eigenvalue weighted by Crippen LogP contribution is 2.39. The summed E-state index contributed by atoms with van der Waals surface area (Å²) in [5.74, 6) is -1.24. The first-order valence-electron chi connectivity index (χ1n) is 10.6. The molecule has 1 unspecified atom stereocenters. The second-order valence-corrected chi connectivity index (χ2v) is 9.22. The molecule has 2 amide bonds. The predicted molar refractivity (Wildman–Crippen MR) is 123 cm³/mol. The number of hydrogen-bond donors (Lipinski definition) is 1. The number of alkyl halides is 3. The van der Waals surface area contributed by atoms with E-state index in [0.717, 1.165) is 42.7 Å². The number of carbonyl (C=O) groups excluding carboxylic acids is 2. The average molecular weight is 509 g/mol. The normalized spacial score (nSPS) is 15.2. The van der Waals surface area contributed by atoms with Crippen molar-refractivity contribution in [3.05, 3.63) is 75.5 Å². The van der Waals surface area contributed by atoms with Crippen LogP contribution < -0.4 is 10.2 Å². The SMILES string of the molecule is O=C(NC1CCCC1)C(c1cccs1)N(C(=O)c1cnccn1)c1ccc(Cl)c(C(F)(F)F)c1. The molecule has 1 aromatic carbocycles. The maximum absolute atomic E-state index is 13.6. The Balaban J connectivity index is 1.84. The van der Waals surface area contributed by atoms with E-state index in [1.54, 1.807) is 17.5 Å². The third-order valence-corrected chi connectivity index (χ3v) is 6.81. The van der Waals surface area contributed by atoms with Crippen LogP contribution in [0.4, 0.5) is 18.9 Å². The van der Waals surface area contributed by atoms with Gasteiger partial charge in [-0.1, -0.05) is 30.5 Å². The van der Waals surface area contributed by atoms with E-state index in [4.69, 9.17) is 11.6 Å². The first-order valence-corrected chi connectivity index (χ1v) is 11.8. The molecule has 0 spiro atoms. The smallest absolute Gasteiger partial charge is 0.351 e. The fourth-order valence-electron chi connectivity index (χ4n) is 3.97. The Morgan fingerprint density at radius 2 is 1.94 bits per heavy atom. The van der Waals surface area contributed by atoms with Crippen molar-refractivity contribution in [2.24, 2.45) is 0 Å². The molecule has 1 aliphatic rings. The number of rotatable bonds is 6. The van der Waals surface area contributed by atoms with Crippen molar-refractivity contribution in [1.82, 2.24) is 15.3 Å². The van der Waals surface area contributed by atoms with Crippen LogP contribution in [0.1, 0.15) is 52.7 Å². The Labute approximate surface area is 202 Å². The average Bonchev–Trinajstić information content (AvgIpc) is 3.52. The van der Waals surface area contributed by atoms with Gasteiger partial charge in [0.2, 0.25) is 5.91 Å². The van der Waals surface area contributed by atoms with Crippen LogP contribution in [0.5, 0.6) is 0 Å². The Bertz CT molecular complexity index is 1150. The zero-order chi connectivity index (χ0) is 24.3. The molecule has 1 aliphatic carbocycles. The van der Waals surface area contributed by atoms with Crippen molar-refractivity contribution in [3.8, 4) is 0 Å². The van der Waals surface area contributed by atoms with Gasteiger partial charge < -0.3 is 5.32 Å². The van der Waals surface area contributed by atoms with Crippen LogP contribution in [-0.2, 0) is 11.0 Å². The summed E-state index contributed by atoms with van der Waals surface area (Å²) in [6.07, 6.45) is 2.68. The van der Waals surface area contributed by atoms with Crippen LogP contribution in [0.2, 0.25) is 5.02 Å². The second-order valence-electron chi connectivity index (χ2n) is 7.84. The van der Waals surface area contributed by atoms with E-state index in [1.165, 1.54) is 36.0 Å². The Morgan fingerprint density at radius 3 is 2.56 bits per heavy atom. The molecular formula is C23H20ClF3N4O2S. The Kier molecular flexibility index (Phi) is 7.18. The van der Waals surface area contributed by atoms with Crippen LogP contribution in [0.15, 0.2) is 54.3 Å². The molecule has 1 N–H and O–H groups in total. The van der Waals surface area contributed by atoms with E-state index in [0.29, 0.717) is 4.88 Å². The topological polar surface area (TPSA) is 75.2 Å². The lowest BCUT2D eigenvalue weighted by Crippen LogP contribution is -2.46. The fraction of sp³-hybridized carbons (Fsp3) is 0.304. The van der Waals surface area contributed by atoms with E-state index < -0.39 is 34.6 Å². The van der Waals surface area contributed by atoms with Crippen LogP contribution in [-0.4, -0.2) is 27.8 Å². The van der Waals surface area contributed by atoms with Gasteiger partial charge in [-0.3, -0.25) is 19.5 Å².